The van der Waals surface area contributed by atoms with Gasteiger partial charge in [0.25, 0.3) is 10.1 Å². The molecule has 0 bridgehead atoms. The first-order chi connectivity index (χ1) is 17.1. The molecular formula is C25H30O10S. The highest BCUT2D eigenvalue weighted by molar-refractivity contribution is 7.85. The lowest BCUT2D eigenvalue weighted by Crippen LogP contribution is -2.53. The van der Waals surface area contributed by atoms with E-state index < -0.39 is 52.8 Å². The van der Waals surface area contributed by atoms with Crippen LogP contribution < -0.4 is 0 Å². The Morgan fingerprint density at radius 2 is 1.42 bits per heavy atom. The third kappa shape index (κ3) is 8.10. The quantitative estimate of drug-likeness (QED) is 0.303. The van der Waals surface area contributed by atoms with E-state index in [4.69, 9.17) is 27.9 Å². The Morgan fingerprint density at radius 1 is 0.861 bits per heavy atom. The Balaban J connectivity index is 1.94. The number of hydrogen-bond acceptors (Lipinski definition) is 10. The molecule has 1 fully saturated rings. The molecule has 3 rings (SSSR count). The van der Waals surface area contributed by atoms with Crippen LogP contribution in [0.5, 0.6) is 0 Å². The Hall–Kier alpha value is -2.83. The number of carbonyl (C=O) groups excluding carboxylic acids is 2. The summed E-state index contributed by atoms with van der Waals surface area (Å²) in [6, 6.07) is 18.5. The molecule has 36 heavy (non-hydrogen) atoms. The van der Waals surface area contributed by atoms with Crippen LogP contribution in [0.4, 0.5) is 0 Å². The number of rotatable bonds is 12. The zero-order valence-corrected chi connectivity index (χ0v) is 21.1. The summed E-state index contributed by atoms with van der Waals surface area (Å²) in [5.74, 6) is -1.36. The van der Waals surface area contributed by atoms with Crippen molar-refractivity contribution in [3.8, 4) is 0 Å². The van der Waals surface area contributed by atoms with Crippen LogP contribution in [-0.4, -0.2) is 63.9 Å². The van der Waals surface area contributed by atoms with Gasteiger partial charge in [0.2, 0.25) is 6.29 Å². The van der Waals surface area contributed by atoms with Crippen LogP contribution in [0.15, 0.2) is 60.7 Å². The van der Waals surface area contributed by atoms with Gasteiger partial charge in [-0.05, 0) is 11.1 Å². The molecule has 0 radical (unpaired) electrons. The van der Waals surface area contributed by atoms with E-state index in [0.717, 1.165) is 17.4 Å². The van der Waals surface area contributed by atoms with Crippen molar-refractivity contribution in [1.82, 2.24) is 0 Å². The summed E-state index contributed by atoms with van der Waals surface area (Å²) in [7, 11) is -3.91. The lowest BCUT2D eigenvalue weighted by molar-refractivity contribution is -0.217. The maximum atomic E-state index is 11.9. The number of esters is 2. The van der Waals surface area contributed by atoms with E-state index in [2.05, 4.69) is 0 Å². The smallest absolute Gasteiger partial charge is 0.305 e. The van der Waals surface area contributed by atoms with Crippen LogP contribution in [0.1, 0.15) is 25.0 Å². The van der Waals surface area contributed by atoms with E-state index >= 15 is 0 Å². The van der Waals surface area contributed by atoms with E-state index in [0.29, 0.717) is 0 Å². The molecule has 1 aliphatic rings. The van der Waals surface area contributed by atoms with Crippen molar-refractivity contribution in [2.24, 2.45) is 0 Å². The Kier molecular flexibility index (Phi) is 9.57. The van der Waals surface area contributed by atoms with Crippen molar-refractivity contribution >= 4 is 22.1 Å². The molecule has 10 nitrogen and oxygen atoms in total. The average molecular weight is 523 g/mol. The minimum Gasteiger partial charge on any atom is -0.453 e. The van der Waals surface area contributed by atoms with Gasteiger partial charge < -0.3 is 23.7 Å². The third-order valence-electron chi connectivity index (χ3n) is 5.27. The van der Waals surface area contributed by atoms with Crippen molar-refractivity contribution < 1.29 is 45.9 Å². The van der Waals surface area contributed by atoms with Gasteiger partial charge in [-0.1, -0.05) is 60.7 Å². The molecule has 0 aromatic heterocycles. The van der Waals surface area contributed by atoms with Crippen LogP contribution >= 0.6 is 0 Å². The molecule has 0 aliphatic carbocycles. The van der Waals surface area contributed by atoms with Gasteiger partial charge in [-0.25, -0.2) is 0 Å². The van der Waals surface area contributed by atoms with Crippen molar-refractivity contribution in [2.45, 2.75) is 51.2 Å². The molecule has 196 valence electrons. The molecule has 2 aromatic rings. The van der Waals surface area contributed by atoms with E-state index in [1.165, 1.54) is 13.8 Å². The molecule has 2 aromatic carbocycles. The van der Waals surface area contributed by atoms with Gasteiger partial charge in [0.05, 0.1) is 26.1 Å². The topological polar surface area (TPSA) is 124 Å². The zero-order valence-electron chi connectivity index (χ0n) is 20.3. The second-order valence-electron chi connectivity index (χ2n) is 8.40. The predicted molar refractivity (Wildman–Crippen MR) is 127 cm³/mol. The number of benzene rings is 2. The van der Waals surface area contributed by atoms with E-state index in [-0.39, 0.29) is 19.8 Å². The highest BCUT2D eigenvalue weighted by Gasteiger charge is 2.60. The normalized spacial score (nSPS) is 23.8. The first kappa shape index (κ1) is 27.8. The highest BCUT2D eigenvalue weighted by Crippen LogP contribution is 2.38. The molecular weight excluding hydrogens is 492 g/mol. The number of hydrogen-bond donors (Lipinski definition) is 0. The summed E-state index contributed by atoms with van der Waals surface area (Å²) >= 11 is 0. The second kappa shape index (κ2) is 12.4. The standard InChI is InChI=1S/C25H30O10S/c1-18(26)33-22-23(31-15-21-12-8-5-9-13-21)25(17-32-36(3,28)29,35-24(22)34-19(2)27)16-30-14-20-10-6-4-7-11-20/h4-13,22-24H,14-17H2,1-3H3/t22-,23?,24-,25-/m0/s1. The summed E-state index contributed by atoms with van der Waals surface area (Å²) in [6.07, 6.45) is -2.80. The van der Waals surface area contributed by atoms with Crippen LogP contribution in [0.3, 0.4) is 0 Å². The number of ether oxygens (including phenoxy) is 5. The van der Waals surface area contributed by atoms with Gasteiger partial charge >= 0.3 is 11.9 Å². The van der Waals surface area contributed by atoms with Crippen LogP contribution in [-0.2, 0) is 60.8 Å². The molecule has 0 N–H and O–H groups in total. The predicted octanol–water partition coefficient (Wildman–Crippen LogP) is 2.35. The monoisotopic (exact) mass is 522 g/mol. The van der Waals surface area contributed by atoms with Gasteiger partial charge in [0.1, 0.15) is 12.7 Å². The van der Waals surface area contributed by atoms with Crippen molar-refractivity contribution in [2.75, 3.05) is 19.5 Å². The lowest BCUT2D eigenvalue weighted by Gasteiger charge is -2.33. The maximum absolute atomic E-state index is 11.9. The summed E-state index contributed by atoms with van der Waals surface area (Å²) in [5.41, 5.74) is 0.0648. The zero-order chi connectivity index (χ0) is 26.2. The molecule has 1 aliphatic heterocycles. The minimum atomic E-state index is -3.91. The fraction of sp³-hybridized carbons (Fsp3) is 0.440. The molecule has 4 atom stereocenters. The number of carbonyl (C=O) groups is 2. The molecule has 0 saturated carbocycles. The molecule has 0 spiro atoms. The highest BCUT2D eigenvalue weighted by atomic mass is 32.2. The summed E-state index contributed by atoms with van der Waals surface area (Å²) in [6.45, 7) is 1.86. The van der Waals surface area contributed by atoms with Gasteiger partial charge in [0, 0.05) is 13.8 Å². The average Bonchev–Trinajstić information content (AvgIpc) is 3.08. The van der Waals surface area contributed by atoms with Crippen LogP contribution in [0.2, 0.25) is 0 Å². The third-order valence-corrected chi connectivity index (χ3v) is 5.81. The second-order valence-corrected chi connectivity index (χ2v) is 10.0. The van der Waals surface area contributed by atoms with Crippen LogP contribution in [0, 0.1) is 0 Å². The van der Waals surface area contributed by atoms with Crippen molar-refractivity contribution in [1.29, 1.82) is 0 Å². The molecule has 1 heterocycles. The van der Waals surface area contributed by atoms with Gasteiger partial charge in [-0.2, -0.15) is 8.42 Å². The fourth-order valence-corrected chi connectivity index (χ4v) is 4.19. The summed E-state index contributed by atoms with van der Waals surface area (Å²) in [4.78, 5) is 23.7. The Labute approximate surface area is 210 Å². The van der Waals surface area contributed by atoms with E-state index in [1.54, 1.807) is 0 Å². The SMILES string of the molecule is CC(=O)O[C@H]1O[C@@](COCc2ccccc2)(COS(C)(=O)=O)C(OCc2ccccc2)[C@@H]1OC(C)=O. The van der Waals surface area contributed by atoms with Gasteiger partial charge in [-0.15, -0.1) is 0 Å². The van der Waals surface area contributed by atoms with Gasteiger partial charge in [-0.3, -0.25) is 13.8 Å². The fourth-order valence-electron chi connectivity index (χ4n) is 3.77. The minimum absolute atomic E-state index is 0.0682. The molecule has 1 unspecified atom stereocenters. The Morgan fingerprint density at radius 3 is 1.94 bits per heavy atom. The van der Waals surface area contributed by atoms with E-state index in [9.17, 15) is 18.0 Å². The molecule has 0 amide bonds. The van der Waals surface area contributed by atoms with Crippen LogP contribution in [0.25, 0.3) is 0 Å². The molecule has 1 saturated heterocycles. The molecule has 11 heteroatoms. The first-order valence-corrected chi connectivity index (χ1v) is 13.0. The van der Waals surface area contributed by atoms with E-state index in [1.807, 2.05) is 60.7 Å². The van der Waals surface area contributed by atoms with Gasteiger partial charge in [0.15, 0.2) is 11.7 Å². The summed E-state index contributed by atoms with van der Waals surface area (Å²) < 4.78 is 57.7. The maximum Gasteiger partial charge on any atom is 0.305 e. The lowest BCUT2D eigenvalue weighted by atomic mass is 9.96. The largest absolute Gasteiger partial charge is 0.453 e. The van der Waals surface area contributed by atoms with Crippen molar-refractivity contribution in [3.63, 3.8) is 0 Å². The Bertz CT molecular complexity index is 1110. The van der Waals surface area contributed by atoms with Crippen molar-refractivity contribution in [3.05, 3.63) is 71.8 Å². The first-order valence-electron chi connectivity index (χ1n) is 11.2. The summed E-state index contributed by atoms with van der Waals surface area (Å²) in [5, 5.41) is 0.